The van der Waals surface area contributed by atoms with Gasteiger partial charge in [0.25, 0.3) is 5.91 Å². The van der Waals surface area contributed by atoms with Crippen molar-refractivity contribution in [3.8, 4) is 5.75 Å². The van der Waals surface area contributed by atoms with Gasteiger partial charge in [0.2, 0.25) is 0 Å². The number of guanidine groups is 1. The van der Waals surface area contributed by atoms with Crippen LogP contribution < -0.4 is 15.4 Å². The van der Waals surface area contributed by atoms with Crippen LogP contribution in [0.3, 0.4) is 0 Å². The highest BCUT2D eigenvalue weighted by atomic mass is 127. The van der Waals surface area contributed by atoms with E-state index < -0.39 is 0 Å². The molecular weight excluding hydrogens is 503 g/mol. The first-order chi connectivity index (χ1) is 14.5. The third kappa shape index (κ3) is 8.40. The fourth-order valence-corrected chi connectivity index (χ4v) is 3.19. The van der Waals surface area contributed by atoms with E-state index in [0.717, 1.165) is 42.3 Å². The van der Waals surface area contributed by atoms with Crippen LogP contribution in [0.1, 0.15) is 41.3 Å². The van der Waals surface area contributed by atoms with Crippen molar-refractivity contribution < 1.29 is 9.53 Å². The molecule has 1 atom stereocenters. The Balaban J connectivity index is 0.00000480. The largest absolute Gasteiger partial charge is 0.496 e. The Morgan fingerprint density at radius 3 is 2.55 bits per heavy atom. The zero-order chi connectivity index (χ0) is 21.9. The maximum Gasteiger partial charge on any atom is 0.253 e. The lowest BCUT2D eigenvalue weighted by atomic mass is 10.0. The average Bonchev–Trinajstić information content (AvgIpc) is 2.76. The van der Waals surface area contributed by atoms with Crippen molar-refractivity contribution in [1.29, 1.82) is 0 Å². The summed E-state index contributed by atoms with van der Waals surface area (Å²) in [6.07, 6.45) is 0.807. The highest BCUT2D eigenvalue weighted by Gasteiger charge is 2.11. The molecule has 0 saturated heterocycles. The second-order valence-electron chi connectivity index (χ2n) is 7.44. The van der Waals surface area contributed by atoms with Crippen LogP contribution in [-0.4, -0.2) is 57.6 Å². The van der Waals surface area contributed by atoms with E-state index in [-0.39, 0.29) is 35.8 Å². The molecule has 0 saturated carbocycles. The molecule has 31 heavy (non-hydrogen) atoms. The molecule has 2 N–H and O–H groups in total. The second-order valence-corrected chi connectivity index (χ2v) is 7.44. The molecule has 7 heteroatoms. The standard InChI is InChI=1S/C24H34N4O2.HI/c1-6-25-24(27-17-18(2)21-12-7-8-13-22(21)30-5)26-15-14-19-10-9-11-20(16-19)23(29)28(3)4;/h7-13,16,18H,6,14-15,17H2,1-5H3,(H2,25,26,27);1H. The highest BCUT2D eigenvalue weighted by molar-refractivity contribution is 14.0. The molecule has 1 amide bonds. The molecule has 2 aromatic rings. The third-order valence-corrected chi connectivity index (χ3v) is 4.82. The van der Waals surface area contributed by atoms with Crippen LogP contribution in [0.2, 0.25) is 0 Å². The number of carbonyl (C=O) groups excluding carboxylic acids is 1. The van der Waals surface area contributed by atoms with Crippen molar-refractivity contribution in [2.75, 3.05) is 40.8 Å². The summed E-state index contributed by atoms with van der Waals surface area (Å²) in [6.45, 7) is 6.38. The number of nitrogens with zero attached hydrogens (tertiary/aromatic N) is 2. The molecule has 170 valence electrons. The minimum absolute atomic E-state index is 0. The summed E-state index contributed by atoms with van der Waals surface area (Å²) >= 11 is 0. The van der Waals surface area contributed by atoms with E-state index in [4.69, 9.17) is 9.73 Å². The van der Waals surface area contributed by atoms with Crippen LogP contribution in [0.4, 0.5) is 0 Å². The molecule has 0 aliphatic heterocycles. The molecule has 0 heterocycles. The first-order valence-electron chi connectivity index (χ1n) is 10.4. The van der Waals surface area contributed by atoms with E-state index >= 15 is 0 Å². The number of hydrogen-bond acceptors (Lipinski definition) is 3. The maximum absolute atomic E-state index is 12.1. The maximum atomic E-state index is 12.1. The highest BCUT2D eigenvalue weighted by Crippen LogP contribution is 2.26. The molecule has 6 nitrogen and oxygen atoms in total. The molecule has 0 spiro atoms. The number of ether oxygens (including phenoxy) is 1. The first-order valence-corrected chi connectivity index (χ1v) is 10.4. The number of nitrogens with one attached hydrogen (secondary N) is 2. The minimum Gasteiger partial charge on any atom is -0.496 e. The number of hydrogen-bond donors (Lipinski definition) is 2. The van der Waals surface area contributed by atoms with E-state index in [1.54, 1.807) is 26.1 Å². The number of para-hydroxylation sites is 1. The number of rotatable bonds is 9. The Hall–Kier alpha value is -2.29. The summed E-state index contributed by atoms with van der Waals surface area (Å²) in [4.78, 5) is 18.5. The van der Waals surface area contributed by atoms with Crippen LogP contribution in [-0.2, 0) is 6.42 Å². The molecule has 0 fully saturated rings. The van der Waals surface area contributed by atoms with E-state index in [1.165, 1.54) is 0 Å². The number of amides is 1. The average molecular weight is 538 g/mol. The number of aliphatic imine (C=N–C) groups is 1. The molecule has 0 bridgehead atoms. The summed E-state index contributed by atoms with van der Waals surface area (Å²) < 4.78 is 5.47. The second kappa shape index (κ2) is 13.9. The van der Waals surface area contributed by atoms with Gasteiger partial charge < -0.3 is 20.3 Å². The molecule has 2 aromatic carbocycles. The van der Waals surface area contributed by atoms with Gasteiger partial charge in [-0.3, -0.25) is 9.79 Å². The van der Waals surface area contributed by atoms with Crippen molar-refractivity contribution in [2.24, 2.45) is 4.99 Å². The molecular formula is C24H35IN4O2. The summed E-state index contributed by atoms with van der Waals surface area (Å²) in [5.41, 5.74) is 2.99. The van der Waals surface area contributed by atoms with Gasteiger partial charge in [0.05, 0.1) is 7.11 Å². The third-order valence-electron chi connectivity index (χ3n) is 4.82. The van der Waals surface area contributed by atoms with Crippen LogP contribution >= 0.6 is 24.0 Å². The summed E-state index contributed by atoms with van der Waals surface area (Å²) in [7, 11) is 5.23. The number of benzene rings is 2. The number of methoxy groups -OCH3 is 1. The fraction of sp³-hybridized carbons (Fsp3) is 0.417. The van der Waals surface area contributed by atoms with E-state index in [2.05, 4.69) is 30.5 Å². The van der Waals surface area contributed by atoms with Gasteiger partial charge in [-0.1, -0.05) is 37.3 Å². The zero-order valence-corrected chi connectivity index (χ0v) is 21.5. The number of carbonyl (C=O) groups is 1. The Morgan fingerprint density at radius 1 is 1.13 bits per heavy atom. The van der Waals surface area contributed by atoms with Crippen LogP contribution in [0.5, 0.6) is 5.75 Å². The first kappa shape index (κ1) is 26.7. The van der Waals surface area contributed by atoms with Gasteiger partial charge in [-0.15, -0.1) is 24.0 Å². The Morgan fingerprint density at radius 2 is 1.87 bits per heavy atom. The van der Waals surface area contributed by atoms with Crippen LogP contribution in [0.15, 0.2) is 53.5 Å². The molecule has 1 unspecified atom stereocenters. The van der Waals surface area contributed by atoms with Gasteiger partial charge in [0.15, 0.2) is 5.96 Å². The van der Waals surface area contributed by atoms with Gasteiger partial charge in [0.1, 0.15) is 5.75 Å². The van der Waals surface area contributed by atoms with Gasteiger partial charge in [-0.25, -0.2) is 0 Å². The lowest BCUT2D eigenvalue weighted by Crippen LogP contribution is -2.38. The predicted octanol–water partition coefficient (Wildman–Crippen LogP) is 3.92. The van der Waals surface area contributed by atoms with Crippen molar-refractivity contribution in [3.05, 3.63) is 65.2 Å². The van der Waals surface area contributed by atoms with Gasteiger partial charge in [-0.2, -0.15) is 0 Å². The fourth-order valence-electron chi connectivity index (χ4n) is 3.19. The van der Waals surface area contributed by atoms with Gasteiger partial charge >= 0.3 is 0 Å². The molecule has 0 aliphatic carbocycles. The van der Waals surface area contributed by atoms with Crippen LogP contribution in [0, 0.1) is 0 Å². The van der Waals surface area contributed by atoms with Crippen molar-refractivity contribution in [1.82, 2.24) is 15.5 Å². The van der Waals surface area contributed by atoms with Crippen molar-refractivity contribution in [3.63, 3.8) is 0 Å². The molecule has 0 radical (unpaired) electrons. The van der Waals surface area contributed by atoms with Crippen LogP contribution in [0.25, 0.3) is 0 Å². The van der Waals surface area contributed by atoms with Gasteiger partial charge in [-0.05, 0) is 42.7 Å². The Kier molecular flexibility index (Phi) is 12.0. The topological polar surface area (TPSA) is 66.0 Å². The SMILES string of the molecule is CCNC(=NCC(C)c1ccccc1OC)NCCc1cccc(C(=O)N(C)C)c1.I. The lowest BCUT2D eigenvalue weighted by Gasteiger charge is -2.16. The quantitative estimate of drug-likeness (QED) is 0.289. The molecule has 0 aliphatic rings. The normalized spacial score (nSPS) is 11.8. The van der Waals surface area contributed by atoms with E-state index in [9.17, 15) is 4.79 Å². The number of halogens is 1. The summed E-state index contributed by atoms with van der Waals surface area (Å²) in [6, 6.07) is 15.8. The van der Waals surface area contributed by atoms with E-state index in [0.29, 0.717) is 12.1 Å². The van der Waals surface area contributed by atoms with Crippen molar-refractivity contribution >= 4 is 35.8 Å². The van der Waals surface area contributed by atoms with Crippen molar-refractivity contribution in [2.45, 2.75) is 26.2 Å². The lowest BCUT2D eigenvalue weighted by molar-refractivity contribution is 0.0827. The van der Waals surface area contributed by atoms with Gasteiger partial charge in [0, 0.05) is 45.2 Å². The minimum atomic E-state index is 0. The van der Waals surface area contributed by atoms with E-state index in [1.807, 2.05) is 42.5 Å². The predicted molar refractivity (Wildman–Crippen MR) is 139 cm³/mol. The zero-order valence-electron chi connectivity index (χ0n) is 19.1. The summed E-state index contributed by atoms with van der Waals surface area (Å²) in [5, 5.41) is 6.68. The monoisotopic (exact) mass is 538 g/mol. The molecule has 2 rings (SSSR count). The molecule has 0 aromatic heterocycles. The smallest absolute Gasteiger partial charge is 0.253 e. The summed E-state index contributed by atoms with van der Waals surface area (Å²) in [5.74, 6) is 1.94. The Bertz CT molecular complexity index is 855. The Labute approximate surface area is 203 Å².